The number of halogens is 2. The van der Waals surface area contributed by atoms with Crippen LogP contribution in [0.4, 0.5) is 0 Å². The summed E-state index contributed by atoms with van der Waals surface area (Å²) in [7, 11) is 0. The van der Waals surface area contributed by atoms with Gasteiger partial charge in [0.1, 0.15) is 0 Å². The van der Waals surface area contributed by atoms with Crippen molar-refractivity contribution in [1.82, 2.24) is 0 Å². The highest BCUT2D eigenvalue weighted by molar-refractivity contribution is 9.10. The van der Waals surface area contributed by atoms with E-state index in [4.69, 9.17) is 0 Å². The Bertz CT molecular complexity index is 660. The van der Waals surface area contributed by atoms with Gasteiger partial charge in [0.05, 0.1) is 0 Å². The minimum Gasteiger partial charge on any atom is -0.289 e. The lowest BCUT2D eigenvalue weighted by Gasteiger charge is -2.10. The van der Waals surface area contributed by atoms with Gasteiger partial charge in [-0.25, -0.2) is 0 Å². The molecule has 0 fully saturated rings. The van der Waals surface area contributed by atoms with E-state index >= 15 is 0 Å². The molecule has 0 spiro atoms. The van der Waals surface area contributed by atoms with Crippen molar-refractivity contribution in [1.29, 1.82) is 0 Å². The van der Waals surface area contributed by atoms with Gasteiger partial charge in [-0.3, -0.25) is 4.79 Å². The molecule has 0 saturated heterocycles. The summed E-state index contributed by atoms with van der Waals surface area (Å²) < 4.78 is 1.87. The van der Waals surface area contributed by atoms with Crippen LogP contribution in [-0.2, 0) is 0 Å². The molecule has 2 rings (SSSR count). The van der Waals surface area contributed by atoms with Gasteiger partial charge in [0.15, 0.2) is 5.78 Å². The highest BCUT2D eigenvalue weighted by atomic mass is 79.9. The van der Waals surface area contributed by atoms with Gasteiger partial charge in [0.2, 0.25) is 0 Å². The van der Waals surface area contributed by atoms with Gasteiger partial charge in [-0.05, 0) is 56.2 Å². The average molecular weight is 382 g/mol. The Labute approximate surface area is 130 Å². The Morgan fingerprint density at radius 3 is 2.21 bits per heavy atom. The smallest absolute Gasteiger partial charge is 0.194 e. The molecule has 0 amide bonds. The van der Waals surface area contributed by atoms with E-state index in [1.54, 1.807) is 0 Å². The second kappa shape index (κ2) is 5.59. The Morgan fingerprint density at radius 2 is 1.53 bits per heavy atom. The minimum atomic E-state index is 0.0590. The third-order valence-electron chi connectivity index (χ3n) is 3.12. The second-order valence-corrected chi connectivity index (χ2v) is 6.44. The van der Waals surface area contributed by atoms with Crippen molar-refractivity contribution in [3.63, 3.8) is 0 Å². The average Bonchev–Trinajstić information content (AvgIpc) is 2.36. The van der Waals surface area contributed by atoms with E-state index in [9.17, 15) is 4.79 Å². The molecule has 0 radical (unpaired) electrons. The van der Waals surface area contributed by atoms with Crippen molar-refractivity contribution in [3.8, 4) is 0 Å². The van der Waals surface area contributed by atoms with Crippen LogP contribution in [0.5, 0.6) is 0 Å². The number of benzene rings is 2. The van der Waals surface area contributed by atoms with E-state index in [1.165, 1.54) is 0 Å². The molecule has 0 heterocycles. The first-order chi connectivity index (χ1) is 8.90. The summed E-state index contributed by atoms with van der Waals surface area (Å²) in [5.74, 6) is 0.0590. The highest BCUT2D eigenvalue weighted by Gasteiger charge is 2.16. The van der Waals surface area contributed by atoms with E-state index in [2.05, 4.69) is 31.9 Å². The molecule has 0 unspecified atom stereocenters. The van der Waals surface area contributed by atoms with E-state index in [1.807, 2.05) is 51.1 Å². The largest absolute Gasteiger partial charge is 0.289 e. The van der Waals surface area contributed by atoms with Crippen molar-refractivity contribution >= 4 is 37.6 Å². The summed E-state index contributed by atoms with van der Waals surface area (Å²) >= 11 is 6.95. The molecular formula is C16H14Br2O. The quantitative estimate of drug-likeness (QED) is 0.639. The van der Waals surface area contributed by atoms with Crippen LogP contribution in [0.1, 0.15) is 32.6 Å². The van der Waals surface area contributed by atoms with Gasteiger partial charge < -0.3 is 0 Å². The lowest BCUT2D eigenvalue weighted by molar-refractivity contribution is 0.103. The number of rotatable bonds is 2. The molecule has 0 aliphatic carbocycles. The zero-order valence-corrected chi connectivity index (χ0v) is 14.2. The Kier molecular flexibility index (Phi) is 4.26. The summed E-state index contributed by atoms with van der Waals surface area (Å²) in [6.45, 7) is 5.94. The first-order valence-corrected chi connectivity index (χ1v) is 7.56. The first kappa shape index (κ1) is 14.5. The zero-order chi connectivity index (χ0) is 14.2. The molecule has 0 aliphatic heterocycles. The van der Waals surface area contributed by atoms with Crippen LogP contribution < -0.4 is 0 Å². The van der Waals surface area contributed by atoms with E-state index in [0.717, 1.165) is 31.2 Å². The number of ketones is 1. The molecule has 1 nitrogen and oxygen atoms in total. The maximum atomic E-state index is 12.7. The third-order valence-corrected chi connectivity index (χ3v) is 4.66. The van der Waals surface area contributed by atoms with Crippen molar-refractivity contribution in [3.05, 3.63) is 67.1 Å². The zero-order valence-electron chi connectivity index (χ0n) is 11.1. The Hall–Kier alpha value is -0.930. The topological polar surface area (TPSA) is 17.1 Å². The Balaban J connectivity index is 2.56. The van der Waals surface area contributed by atoms with Crippen molar-refractivity contribution in [2.24, 2.45) is 0 Å². The molecule has 0 aromatic heterocycles. The maximum absolute atomic E-state index is 12.7. The number of carbonyl (C=O) groups excluding carboxylic acids is 1. The molecule has 0 bridgehead atoms. The molecule has 0 atom stereocenters. The molecule has 2 aromatic carbocycles. The predicted molar refractivity (Wildman–Crippen MR) is 85.9 cm³/mol. The van der Waals surface area contributed by atoms with Crippen LogP contribution in [0.3, 0.4) is 0 Å². The number of aryl methyl sites for hydroxylation is 3. The van der Waals surface area contributed by atoms with Gasteiger partial charge in [0, 0.05) is 20.1 Å². The fourth-order valence-corrected chi connectivity index (χ4v) is 2.87. The van der Waals surface area contributed by atoms with Crippen molar-refractivity contribution < 1.29 is 4.79 Å². The molecule has 19 heavy (non-hydrogen) atoms. The molecular weight excluding hydrogens is 368 g/mol. The normalized spacial score (nSPS) is 10.6. The standard InChI is InChI=1S/C16H14Br2O/c1-9-4-5-14(17)13(6-9)16(19)12-7-11(3)15(18)8-10(12)2/h4-8H,1-3H3. The summed E-state index contributed by atoms with van der Waals surface area (Å²) in [5, 5.41) is 0. The third kappa shape index (κ3) is 2.98. The van der Waals surface area contributed by atoms with Crippen LogP contribution in [0.25, 0.3) is 0 Å². The maximum Gasteiger partial charge on any atom is 0.194 e. The molecule has 0 aliphatic rings. The van der Waals surface area contributed by atoms with E-state index in [0.29, 0.717) is 5.56 Å². The molecule has 0 saturated carbocycles. The molecule has 0 N–H and O–H groups in total. The summed E-state index contributed by atoms with van der Waals surface area (Å²) in [5.41, 5.74) is 4.60. The SMILES string of the molecule is Cc1ccc(Br)c(C(=O)c2cc(C)c(Br)cc2C)c1. The fourth-order valence-electron chi connectivity index (χ4n) is 1.98. The van der Waals surface area contributed by atoms with Crippen molar-refractivity contribution in [2.75, 3.05) is 0 Å². The molecule has 2 aromatic rings. The van der Waals surface area contributed by atoms with Gasteiger partial charge in [0.25, 0.3) is 0 Å². The predicted octanol–water partition coefficient (Wildman–Crippen LogP) is 5.37. The summed E-state index contributed by atoms with van der Waals surface area (Å²) in [4.78, 5) is 12.7. The summed E-state index contributed by atoms with van der Waals surface area (Å²) in [6.07, 6.45) is 0. The van der Waals surface area contributed by atoms with Crippen LogP contribution >= 0.6 is 31.9 Å². The van der Waals surface area contributed by atoms with Gasteiger partial charge in [-0.1, -0.05) is 43.5 Å². The highest BCUT2D eigenvalue weighted by Crippen LogP contribution is 2.26. The number of hydrogen-bond donors (Lipinski definition) is 0. The fraction of sp³-hybridized carbons (Fsp3) is 0.188. The Morgan fingerprint density at radius 1 is 0.842 bits per heavy atom. The van der Waals surface area contributed by atoms with Crippen LogP contribution in [0.2, 0.25) is 0 Å². The minimum absolute atomic E-state index is 0.0590. The molecule has 3 heteroatoms. The van der Waals surface area contributed by atoms with Gasteiger partial charge >= 0.3 is 0 Å². The number of hydrogen-bond acceptors (Lipinski definition) is 1. The monoisotopic (exact) mass is 380 g/mol. The molecule has 98 valence electrons. The lowest BCUT2D eigenvalue weighted by atomic mass is 9.96. The lowest BCUT2D eigenvalue weighted by Crippen LogP contribution is -2.06. The van der Waals surface area contributed by atoms with Crippen LogP contribution in [0.15, 0.2) is 39.3 Å². The second-order valence-electron chi connectivity index (χ2n) is 4.73. The van der Waals surface area contributed by atoms with E-state index in [-0.39, 0.29) is 5.78 Å². The van der Waals surface area contributed by atoms with Crippen LogP contribution in [0, 0.1) is 20.8 Å². The van der Waals surface area contributed by atoms with Gasteiger partial charge in [-0.2, -0.15) is 0 Å². The van der Waals surface area contributed by atoms with Crippen LogP contribution in [-0.4, -0.2) is 5.78 Å². The first-order valence-electron chi connectivity index (χ1n) is 5.97. The summed E-state index contributed by atoms with van der Waals surface area (Å²) in [6, 6.07) is 9.76. The number of carbonyl (C=O) groups is 1. The van der Waals surface area contributed by atoms with Crippen molar-refractivity contribution in [2.45, 2.75) is 20.8 Å². The van der Waals surface area contributed by atoms with Gasteiger partial charge in [-0.15, -0.1) is 0 Å². The van der Waals surface area contributed by atoms with E-state index < -0.39 is 0 Å².